The Labute approximate surface area is 157 Å². The molecule has 0 bridgehead atoms. The van der Waals surface area contributed by atoms with E-state index in [1.807, 2.05) is 50.5 Å². The van der Waals surface area contributed by atoms with Crippen LogP contribution in [0.2, 0.25) is 0 Å². The largest absolute Gasteiger partial charge is 0.388 e. The molecule has 136 valence electrons. The molecular weight excluding hydrogens is 348 g/mol. The monoisotopic (exact) mass is 370 g/mol. The van der Waals surface area contributed by atoms with Crippen molar-refractivity contribution in [3.05, 3.63) is 76.0 Å². The van der Waals surface area contributed by atoms with E-state index in [2.05, 4.69) is 26.9 Å². The van der Waals surface area contributed by atoms with Crippen molar-refractivity contribution in [1.82, 2.24) is 15.3 Å². The third-order valence-electron chi connectivity index (χ3n) is 3.71. The van der Waals surface area contributed by atoms with E-state index in [0.29, 0.717) is 5.03 Å². The predicted molar refractivity (Wildman–Crippen MR) is 112 cm³/mol. The van der Waals surface area contributed by atoms with Crippen molar-refractivity contribution in [1.29, 1.82) is 0 Å². The van der Waals surface area contributed by atoms with Crippen molar-refractivity contribution >= 4 is 34.4 Å². The molecule has 0 aliphatic carbocycles. The molecule has 0 fully saturated rings. The molecule has 0 amide bonds. The maximum Gasteiger partial charge on any atom is 0.323 e. The highest BCUT2D eigenvalue weighted by molar-refractivity contribution is 6.31. The summed E-state index contributed by atoms with van der Waals surface area (Å²) >= 11 is 5.85. The van der Waals surface area contributed by atoms with Gasteiger partial charge in [0.2, 0.25) is 0 Å². The molecule has 6 heteroatoms. The van der Waals surface area contributed by atoms with E-state index in [1.165, 1.54) is 0 Å². The summed E-state index contributed by atoms with van der Waals surface area (Å²) < 4.78 is 0. The summed E-state index contributed by atoms with van der Waals surface area (Å²) in [6.07, 6.45) is 9.79. The quantitative estimate of drug-likeness (QED) is 0.364. The molecule has 0 aliphatic heterocycles. The van der Waals surface area contributed by atoms with Gasteiger partial charge in [-0.3, -0.25) is 4.99 Å². The third kappa shape index (κ3) is 5.93. The smallest absolute Gasteiger partial charge is 0.323 e. The first-order valence-electron chi connectivity index (χ1n) is 8.31. The Balaban J connectivity index is 1.85. The number of allylic oxidation sites excluding steroid dienone is 6. The molecule has 2 rings (SSSR count). The number of aromatic nitrogens is 2. The average Bonchev–Trinajstić information content (AvgIpc) is 3.01. The molecule has 0 spiro atoms. The topological polar surface area (TPSA) is 73.0 Å². The van der Waals surface area contributed by atoms with Gasteiger partial charge in [-0.2, -0.15) is 0 Å². The number of aliphatic imine (C=N–C) groups is 1. The molecule has 3 N–H and O–H groups in total. The van der Waals surface area contributed by atoms with Crippen molar-refractivity contribution < 1.29 is 0 Å². The Kier molecular flexibility index (Phi) is 7.24. The molecule has 1 aromatic heterocycles. The van der Waals surface area contributed by atoms with Crippen LogP contribution in [-0.2, 0) is 0 Å². The van der Waals surface area contributed by atoms with Crippen LogP contribution in [0.1, 0.15) is 25.8 Å². The summed E-state index contributed by atoms with van der Waals surface area (Å²) in [5.41, 5.74) is 4.47. The Bertz CT molecular complexity index is 944. The van der Waals surface area contributed by atoms with Crippen molar-refractivity contribution in [3.8, 4) is 0 Å². The number of imidazole rings is 1. The van der Waals surface area contributed by atoms with Crippen LogP contribution in [0.15, 0.2) is 69.7 Å². The van der Waals surface area contributed by atoms with Crippen molar-refractivity contribution in [2.45, 2.75) is 20.3 Å². The van der Waals surface area contributed by atoms with Crippen LogP contribution >= 0.6 is 11.6 Å². The Morgan fingerprint density at radius 3 is 2.81 bits per heavy atom. The zero-order valence-electron chi connectivity index (χ0n) is 15.0. The summed E-state index contributed by atoms with van der Waals surface area (Å²) in [6, 6.07) is 5.78. The lowest BCUT2D eigenvalue weighted by atomic mass is 10.1. The number of hydrogen-bond donors (Lipinski definition) is 3. The van der Waals surface area contributed by atoms with Crippen LogP contribution in [0, 0.1) is 0 Å². The fourth-order valence-corrected chi connectivity index (χ4v) is 2.32. The molecule has 5 nitrogen and oxygen atoms in total. The average molecular weight is 371 g/mol. The van der Waals surface area contributed by atoms with E-state index >= 15 is 0 Å². The van der Waals surface area contributed by atoms with Gasteiger partial charge < -0.3 is 15.3 Å². The number of hydrogen-bond acceptors (Lipinski definition) is 3. The van der Waals surface area contributed by atoms with Crippen LogP contribution in [0.5, 0.6) is 0 Å². The molecule has 0 saturated carbocycles. The lowest BCUT2D eigenvalue weighted by molar-refractivity contribution is 0.824. The zero-order chi connectivity index (χ0) is 18.9. The maximum atomic E-state index is 11.3. The van der Waals surface area contributed by atoms with E-state index in [9.17, 15) is 4.79 Å². The molecule has 1 aromatic carbocycles. The first-order chi connectivity index (χ1) is 12.5. The molecule has 2 aromatic rings. The molecule has 0 saturated heterocycles. The summed E-state index contributed by atoms with van der Waals surface area (Å²) in [5, 5.41) is 3.89. The second-order valence-corrected chi connectivity index (χ2v) is 6.24. The fraction of sp³-hybridized carbons (Fsp3) is 0.200. The van der Waals surface area contributed by atoms with Crippen LogP contribution in [0.3, 0.4) is 0 Å². The lowest BCUT2D eigenvalue weighted by Gasteiger charge is -2.03. The highest BCUT2D eigenvalue weighted by atomic mass is 35.5. The van der Waals surface area contributed by atoms with Gasteiger partial charge in [0.25, 0.3) is 0 Å². The molecule has 1 heterocycles. The molecule has 0 unspecified atom stereocenters. The highest BCUT2D eigenvalue weighted by Crippen LogP contribution is 2.17. The van der Waals surface area contributed by atoms with Crippen molar-refractivity contribution in [2.75, 3.05) is 6.54 Å². The Hall–Kier alpha value is -2.79. The lowest BCUT2D eigenvalue weighted by Crippen LogP contribution is -2.12. The van der Waals surface area contributed by atoms with Crippen molar-refractivity contribution in [3.63, 3.8) is 0 Å². The predicted octanol–water partition coefficient (Wildman–Crippen LogP) is 4.48. The standard InChI is InChI=1S/C20H23ClN4O/c1-4-17(21)8-6-15(3)23-11-5-10-22-13-14(2)16-7-9-18-19(12-16)25-20(26)24-18/h4,6-10,12-13,23H,1,5,11H2,2-3H3,(H2,24,25,26)/b14-13+,15-6+,17-8+,22-10-. The normalized spacial score (nSPS) is 13.6. The minimum absolute atomic E-state index is 0.198. The van der Waals surface area contributed by atoms with Gasteiger partial charge in [0.1, 0.15) is 0 Å². The number of rotatable bonds is 8. The second kappa shape index (κ2) is 9.63. The van der Waals surface area contributed by atoms with Gasteiger partial charge in [0.15, 0.2) is 0 Å². The van der Waals surface area contributed by atoms with Crippen LogP contribution in [-0.4, -0.2) is 22.7 Å². The number of fused-ring (bicyclic) bond motifs is 1. The van der Waals surface area contributed by atoms with Gasteiger partial charge in [0, 0.05) is 29.7 Å². The Morgan fingerprint density at radius 2 is 2.04 bits per heavy atom. The van der Waals surface area contributed by atoms with Crippen LogP contribution in [0.4, 0.5) is 0 Å². The third-order valence-corrected chi connectivity index (χ3v) is 3.99. The van der Waals surface area contributed by atoms with Gasteiger partial charge in [0.05, 0.1) is 11.0 Å². The van der Waals surface area contributed by atoms with Crippen molar-refractivity contribution in [2.24, 2.45) is 4.99 Å². The van der Waals surface area contributed by atoms with E-state index in [0.717, 1.165) is 40.8 Å². The van der Waals surface area contributed by atoms with Gasteiger partial charge in [-0.25, -0.2) is 4.79 Å². The van der Waals surface area contributed by atoms with E-state index < -0.39 is 0 Å². The molecule has 0 aliphatic rings. The molecule has 0 atom stereocenters. The summed E-state index contributed by atoms with van der Waals surface area (Å²) in [6.45, 7) is 8.35. The maximum absolute atomic E-state index is 11.3. The van der Waals surface area contributed by atoms with E-state index in [4.69, 9.17) is 11.6 Å². The first-order valence-corrected chi connectivity index (χ1v) is 8.68. The number of H-pyrrole nitrogens is 2. The van der Waals surface area contributed by atoms with E-state index in [-0.39, 0.29) is 5.69 Å². The zero-order valence-corrected chi connectivity index (χ0v) is 15.7. The van der Waals surface area contributed by atoms with Crippen LogP contribution in [0.25, 0.3) is 16.6 Å². The summed E-state index contributed by atoms with van der Waals surface area (Å²) in [4.78, 5) is 21.1. The van der Waals surface area contributed by atoms with Gasteiger partial charge in [-0.05, 0) is 55.7 Å². The number of benzene rings is 1. The molecule has 26 heavy (non-hydrogen) atoms. The van der Waals surface area contributed by atoms with Gasteiger partial charge in [-0.15, -0.1) is 0 Å². The van der Waals surface area contributed by atoms with E-state index in [1.54, 1.807) is 12.2 Å². The first kappa shape index (κ1) is 19.5. The fourth-order valence-electron chi connectivity index (χ4n) is 2.26. The SMILES string of the molecule is C=C/C(Cl)=C\C=C(/C)NCC/C=N\C=C(/C)c1ccc2[nH]c(=O)[nH]c2c1. The summed E-state index contributed by atoms with van der Waals surface area (Å²) in [5.74, 6) is 0. The minimum Gasteiger partial charge on any atom is -0.388 e. The summed E-state index contributed by atoms with van der Waals surface area (Å²) in [7, 11) is 0. The minimum atomic E-state index is -0.198. The highest BCUT2D eigenvalue weighted by Gasteiger charge is 2.01. The van der Waals surface area contributed by atoms with Crippen LogP contribution < -0.4 is 11.0 Å². The van der Waals surface area contributed by atoms with Gasteiger partial charge in [-0.1, -0.05) is 30.3 Å². The molecule has 0 radical (unpaired) electrons. The molecular formula is C20H23ClN4O. The van der Waals surface area contributed by atoms with Gasteiger partial charge >= 0.3 is 5.69 Å². The Morgan fingerprint density at radius 1 is 1.27 bits per heavy atom. The number of nitrogens with one attached hydrogen (secondary N) is 3. The number of aromatic amines is 2. The number of nitrogens with zero attached hydrogens (tertiary/aromatic N) is 1. The second-order valence-electron chi connectivity index (χ2n) is 5.80. The number of halogens is 1.